The van der Waals surface area contributed by atoms with Crippen molar-refractivity contribution >= 4 is 5.91 Å². The fourth-order valence-corrected chi connectivity index (χ4v) is 4.35. The maximum absolute atomic E-state index is 12.3. The van der Waals surface area contributed by atoms with Crippen LogP contribution in [0.1, 0.15) is 5.56 Å². The van der Waals surface area contributed by atoms with Gasteiger partial charge in [0.15, 0.2) is 0 Å². The Balaban J connectivity index is 1.17. The fourth-order valence-electron chi connectivity index (χ4n) is 4.35. The number of rotatable bonds is 10. The Morgan fingerprint density at radius 3 is 2.15 bits per heavy atom. The van der Waals surface area contributed by atoms with E-state index in [1.54, 1.807) is 0 Å². The van der Waals surface area contributed by atoms with E-state index in [1.165, 1.54) is 0 Å². The molecular weight excluding hydrogens is 428 g/mol. The van der Waals surface area contributed by atoms with Gasteiger partial charge in [-0.05, 0) is 35.9 Å². The van der Waals surface area contributed by atoms with E-state index in [-0.39, 0.29) is 5.91 Å². The first kappa shape index (κ1) is 24.7. The van der Waals surface area contributed by atoms with Gasteiger partial charge >= 0.3 is 0 Å². The van der Waals surface area contributed by atoms with E-state index in [2.05, 4.69) is 51.3 Å². The lowest BCUT2D eigenvalue weighted by molar-refractivity contribution is -0.120. The van der Waals surface area contributed by atoms with E-state index < -0.39 is 0 Å². The molecule has 0 saturated carbocycles. The van der Waals surface area contributed by atoms with Gasteiger partial charge in [0, 0.05) is 58.9 Å². The molecule has 0 bridgehead atoms. The van der Waals surface area contributed by atoms with E-state index in [1.807, 2.05) is 24.3 Å². The van der Waals surface area contributed by atoms with Crippen LogP contribution in [0.2, 0.25) is 0 Å². The summed E-state index contributed by atoms with van der Waals surface area (Å²) >= 11 is 0. The summed E-state index contributed by atoms with van der Waals surface area (Å²) in [5.74, 6) is 0.974. The highest BCUT2D eigenvalue weighted by molar-refractivity contribution is 5.78. The first-order valence-corrected chi connectivity index (χ1v) is 12.5. The summed E-state index contributed by atoms with van der Waals surface area (Å²) in [5, 5.41) is 3.06. The van der Waals surface area contributed by atoms with Crippen molar-refractivity contribution in [2.45, 2.75) is 6.42 Å². The monoisotopic (exact) mass is 466 g/mol. The number of hydrogen-bond donors (Lipinski definition) is 1. The van der Waals surface area contributed by atoms with Crippen LogP contribution in [-0.2, 0) is 16.0 Å². The molecule has 1 N–H and O–H groups in total. The van der Waals surface area contributed by atoms with Crippen LogP contribution < -0.4 is 10.1 Å². The lowest BCUT2D eigenvalue weighted by Crippen LogP contribution is -2.47. The third kappa shape index (κ3) is 7.81. The maximum Gasteiger partial charge on any atom is 0.224 e. The molecule has 2 aromatic carbocycles. The van der Waals surface area contributed by atoms with Gasteiger partial charge in [0.2, 0.25) is 5.91 Å². The van der Waals surface area contributed by atoms with Crippen molar-refractivity contribution in [1.29, 1.82) is 0 Å². The molecule has 0 unspecified atom stereocenters. The van der Waals surface area contributed by atoms with Crippen molar-refractivity contribution in [2.24, 2.45) is 0 Å². The zero-order chi connectivity index (χ0) is 23.6. The van der Waals surface area contributed by atoms with Crippen molar-refractivity contribution in [2.75, 3.05) is 85.8 Å². The number of ether oxygens (including phenoxy) is 2. The first-order valence-electron chi connectivity index (χ1n) is 12.5. The Morgan fingerprint density at radius 2 is 1.47 bits per heavy atom. The summed E-state index contributed by atoms with van der Waals surface area (Å²) in [4.78, 5) is 19.4. The second kappa shape index (κ2) is 12.9. The highest BCUT2D eigenvalue weighted by Gasteiger charge is 2.13. The third-order valence-electron chi connectivity index (χ3n) is 6.63. The molecule has 0 spiro atoms. The molecule has 0 aromatic heterocycles. The predicted molar refractivity (Wildman–Crippen MR) is 135 cm³/mol. The third-order valence-corrected chi connectivity index (χ3v) is 6.63. The molecular formula is C27H38N4O3. The molecule has 2 aromatic rings. The second-order valence-corrected chi connectivity index (χ2v) is 9.20. The zero-order valence-corrected chi connectivity index (χ0v) is 20.4. The molecule has 7 nitrogen and oxygen atoms in total. The second-order valence-electron chi connectivity index (χ2n) is 9.20. The molecule has 34 heavy (non-hydrogen) atoms. The van der Waals surface area contributed by atoms with Crippen LogP contribution in [0, 0.1) is 0 Å². The van der Waals surface area contributed by atoms with Gasteiger partial charge < -0.3 is 19.7 Å². The highest BCUT2D eigenvalue weighted by atomic mass is 16.5. The number of hydrogen-bond acceptors (Lipinski definition) is 6. The lowest BCUT2D eigenvalue weighted by atomic mass is 10.0. The molecule has 2 heterocycles. The average Bonchev–Trinajstić information content (AvgIpc) is 2.87. The quantitative estimate of drug-likeness (QED) is 0.578. The number of carbonyl (C=O) groups excluding carboxylic acids is 1. The summed E-state index contributed by atoms with van der Waals surface area (Å²) in [7, 11) is 2.16. The zero-order valence-electron chi connectivity index (χ0n) is 20.4. The highest BCUT2D eigenvalue weighted by Crippen LogP contribution is 2.23. The van der Waals surface area contributed by atoms with Crippen molar-refractivity contribution in [3.8, 4) is 16.9 Å². The number of nitrogens with one attached hydrogen (secondary N) is 1. The Labute approximate surface area is 203 Å². The van der Waals surface area contributed by atoms with Crippen LogP contribution >= 0.6 is 0 Å². The number of nitrogens with zero attached hydrogens (tertiary/aromatic N) is 3. The summed E-state index contributed by atoms with van der Waals surface area (Å²) in [6.07, 6.45) is 0.416. The van der Waals surface area contributed by atoms with Crippen LogP contribution in [-0.4, -0.2) is 106 Å². The van der Waals surface area contributed by atoms with Gasteiger partial charge in [0.05, 0.1) is 19.6 Å². The van der Waals surface area contributed by atoms with Gasteiger partial charge in [-0.3, -0.25) is 14.6 Å². The Hall–Kier alpha value is -2.45. The van der Waals surface area contributed by atoms with Crippen LogP contribution in [0.15, 0.2) is 48.5 Å². The van der Waals surface area contributed by atoms with Crippen LogP contribution in [0.4, 0.5) is 0 Å². The molecule has 0 radical (unpaired) electrons. The van der Waals surface area contributed by atoms with E-state index in [0.717, 1.165) is 88.0 Å². The Kier molecular flexibility index (Phi) is 9.33. The van der Waals surface area contributed by atoms with Gasteiger partial charge in [-0.15, -0.1) is 0 Å². The van der Waals surface area contributed by atoms with Crippen LogP contribution in [0.25, 0.3) is 11.1 Å². The minimum Gasteiger partial charge on any atom is -0.492 e. The number of piperazine rings is 1. The number of morpholine rings is 1. The number of likely N-dealkylation sites (N-methyl/N-ethyl adjacent to an activating group) is 1. The molecule has 0 atom stereocenters. The van der Waals surface area contributed by atoms with E-state index in [9.17, 15) is 4.79 Å². The largest absolute Gasteiger partial charge is 0.492 e. The minimum atomic E-state index is 0.0838. The van der Waals surface area contributed by atoms with Crippen molar-refractivity contribution in [3.63, 3.8) is 0 Å². The SMILES string of the molecule is CN1CCN(CCNC(=O)Cc2ccc(-c3ccc(OCCN4CCOCC4)cc3)cc2)CC1. The normalized spacial score (nSPS) is 18.0. The standard InChI is InChI=1S/C27H38N4O3/c1-29-12-14-30(15-13-29)11-10-28-27(32)22-23-2-4-24(5-3-23)25-6-8-26(9-7-25)34-21-18-31-16-19-33-20-17-31/h2-9H,10-22H2,1H3,(H,28,32). The molecule has 2 aliphatic heterocycles. The molecule has 2 fully saturated rings. The van der Waals surface area contributed by atoms with Crippen molar-refractivity contribution in [1.82, 2.24) is 20.0 Å². The summed E-state index contributed by atoms with van der Waals surface area (Å²) in [6, 6.07) is 16.5. The fraction of sp³-hybridized carbons (Fsp3) is 0.519. The maximum atomic E-state index is 12.3. The lowest BCUT2D eigenvalue weighted by Gasteiger charge is -2.32. The van der Waals surface area contributed by atoms with E-state index in [4.69, 9.17) is 9.47 Å². The molecule has 1 amide bonds. The number of benzene rings is 2. The molecule has 7 heteroatoms. The van der Waals surface area contributed by atoms with E-state index in [0.29, 0.717) is 19.6 Å². The van der Waals surface area contributed by atoms with Crippen LogP contribution in [0.5, 0.6) is 5.75 Å². The molecule has 2 saturated heterocycles. The first-order chi connectivity index (χ1) is 16.7. The average molecular weight is 467 g/mol. The van der Waals surface area contributed by atoms with Gasteiger partial charge in [-0.2, -0.15) is 0 Å². The minimum absolute atomic E-state index is 0.0838. The van der Waals surface area contributed by atoms with Gasteiger partial charge in [0.1, 0.15) is 12.4 Å². The van der Waals surface area contributed by atoms with Crippen molar-refractivity contribution in [3.05, 3.63) is 54.1 Å². The molecule has 2 aliphatic rings. The topological polar surface area (TPSA) is 57.3 Å². The molecule has 184 valence electrons. The van der Waals surface area contributed by atoms with Gasteiger partial charge in [-0.25, -0.2) is 0 Å². The van der Waals surface area contributed by atoms with Crippen molar-refractivity contribution < 1.29 is 14.3 Å². The van der Waals surface area contributed by atoms with Gasteiger partial charge in [0.25, 0.3) is 0 Å². The van der Waals surface area contributed by atoms with Gasteiger partial charge in [-0.1, -0.05) is 36.4 Å². The Bertz CT molecular complexity index is 874. The number of carbonyl (C=O) groups is 1. The summed E-state index contributed by atoms with van der Waals surface area (Å²) in [5.41, 5.74) is 3.31. The Morgan fingerprint density at radius 1 is 0.853 bits per heavy atom. The van der Waals surface area contributed by atoms with Crippen LogP contribution in [0.3, 0.4) is 0 Å². The summed E-state index contributed by atoms with van der Waals surface area (Å²) < 4.78 is 11.3. The molecule has 0 aliphatic carbocycles. The smallest absolute Gasteiger partial charge is 0.224 e. The number of amides is 1. The van der Waals surface area contributed by atoms with E-state index >= 15 is 0 Å². The molecule has 4 rings (SSSR count). The summed E-state index contributed by atoms with van der Waals surface area (Å²) in [6.45, 7) is 11.2. The predicted octanol–water partition coefficient (Wildman–Crippen LogP) is 1.97.